The van der Waals surface area contributed by atoms with Crippen molar-refractivity contribution in [2.24, 2.45) is 0 Å². The number of hydrogen-bond acceptors (Lipinski definition) is 11. The fourth-order valence-electron chi connectivity index (χ4n) is 3.91. The van der Waals surface area contributed by atoms with E-state index in [0.29, 0.717) is 0 Å². The van der Waals surface area contributed by atoms with Crippen LogP contribution in [-0.4, -0.2) is 107 Å². The average molecular weight is 436 g/mol. The summed E-state index contributed by atoms with van der Waals surface area (Å²) < 4.78 is 21.4. The summed E-state index contributed by atoms with van der Waals surface area (Å²) in [4.78, 5) is 22.9. The number of hydrogen-bond donors (Lipinski definition) is 5. The first-order valence-corrected chi connectivity index (χ1v) is 9.59. The Morgan fingerprint density at radius 3 is 2.43 bits per heavy atom. The van der Waals surface area contributed by atoms with Crippen LogP contribution in [0.5, 0.6) is 0 Å². The van der Waals surface area contributed by atoms with Crippen molar-refractivity contribution in [2.45, 2.75) is 74.6 Å². The summed E-state index contributed by atoms with van der Waals surface area (Å²) >= 11 is 0. The SMILES string of the molecule is COC1(CO)C[C@H](O)[C@H](OCC2(O)C[C@H](NC(C)=O)[C@H](C)OC2CO)OC1C(=O)[O-]. The number of carbonyl (C=O) groups is 2. The molecule has 2 aliphatic rings. The normalized spacial score (nSPS) is 42.0. The summed E-state index contributed by atoms with van der Waals surface area (Å²) in [6, 6.07) is -0.567. The monoisotopic (exact) mass is 436 g/mol. The van der Waals surface area contributed by atoms with E-state index in [-0.39, 0.29) is 18.7 Å². The van der Waals surface area contributed by atoms with Crippen molar-refractivity contribution in [1.82, 2.24) is 5.32 Å². The van der Waals surface area contributed by atoms with Gasteiger partial charge in [0.25, 0.3) is 0 Å². The smallest absolute Gasteiger partial charge is 0.217 e. The standard InChI is InChI=1S/C18H31NO11/c1-9-11(19-10(2)22)4-17(26,13(6-20)29-9)8-28-16-12(23)5-18(7-21,27-3)14(30-16)15(24)25/h9,11-14,16,20-21,23,26H,4-8H2,1-3H3,(H,19,22)(H,24,25)/p-1/t9-,11-,12-,13?,14?,16+,17?,18?/m0/s1. The first-order chi connectivity index (χ1) is 14.0. The molecular formula is C18H30NO11-. The molecule has 30 heavy (non-hydrogen) atoms. The van der Waals surface area contributed by atoms with Gasteiger partial charge in [0.1, 0.15) is 29.5 Å². The molecule has 0 aromatic heterocycles. The Kier molecular flexibility index (Phi) is 8.15. The number of aliphatic hydroxyl groups excluding tert-OH is 3. The lowest BCUT2D eigenvalue weighted by Gasteiger charge is -2.48. The zero-order valence-corrected chi connectivity index (χ0v) is 17.1. The van der Waals surface area contributed by atoms with Gasteiger partial charge in [-0.25, -0.2) is 0 Å². The van der Waals surface area contributed by atoms with Gasteiger partial charge < -0.3 is 54.6 Å². The summed E-state index contributed by atoms with van der Waals surface area (Å²) in [6.07, 6.45) is -6.50. The summed E-state index contributed by atoms with van der Waals surface area (Å²) in [5.74, 6) is -2.00. The molecule has 0 bridgehead atoms. The van der Waals surface area contributed by atoms with Crippen LogP contribution in [0.4, 0.5) is 0 Å². The van der Waals surface area contributed by atoms with Gasteiger partial charge in [0, 0.05) is 26.9 Å². The zero-order valence-electron chi connectivity index (χ0n) is 17.1. The highest BCUT2D eigenvalue weighted by molar-refractivity contribution is 5.73. The third-order valence-corrected chi connectivity index (χ3v) is 5.68. The summed E-state index contributed by atoms with van der Waals surface area (Å²) in [7, 11) is 1.17. The van der Waals surface area contributed by atoms with Crippen molar-refractivity contribution in [3.63, 3.8) is 0 Å². The van der Waals surface area contributed by atoms with Gasteiger partial charge in [0.2, 0.25) is 5.91 Å². The zero-order chi connectivity index (χ0) is 22.7. The Bertz CT molecular complexity index is 613. The van der Waals surface area contributed by atoms with E-state index >= 15 is 0 Å². The molecule has 8 atom stereocenters. The molecule has 4 unspecified atom stereocenters. The average Bonchev–Trinajstić information content (AvgIpc) is 2.68. The van der Waals surface area contributed by atoms with E-state index in [0.717, 1.165) is 0 Å². The molecule has 2 saturated heterocycles. The second-order valence-corrected chi connectivity index (χ2v) is 7.84. The molecule has 2 heterocycles. The van der Waals surface area contributed by atoms with E-state index in [1.54, 1.807) is 6.92 Å². The van der Waals surface area contributed by atoms with E-state index in [2.05, 4.69) is 5.32 Å². The number of carboxylic acids is 1. The number of aliphatic hydroxyl groups is 4. The third-order valence-electron chi connectivity index (χ3n) is 5.68. The predicted octanol–water partition coefficient (Wildman–Crippen LogP) is -3.99. The topological polar surface area (TPSA) is 187 Å². The first kappa shape index (κ1) is 24.9. The quantitative estimate of drug-likeness (QED) is 0.250. The van der Waals surface area contributed by atoms with E-state index in [1.807, 2.05) is 0 Å². The predicted molar refractivity (Wildman–Crippen MR) is 95.7 cm³/mol. The highest BCUT2D eigenvalue weighted by Crippen LogP contribution is 2.35. The molecule has 174 valence electrons. The largest absolute Gasteiger partial charge is 0.547 e. The maximum atomic E-state index is 11.5. The Balaban J connectivity index is 2.13. The highest BCUT2D eigenvalue weighted by Gasteiger charge is 2.52. The third kappa shape index (κ3) is 5.08. The van der Waals surface area contributed by atoms with Crippen LogP contribution >= 0.6 is 0 Å². The lowest BCUT2D eigenvalue weighted by molar-refractivity contribution is -0.358. The lowest BCUT2D eigenvalue weighted by atomic mass is 9.84. The minimum absolute atomic E-state index is 0.0235. The van der Waals surface area contributed by atoms with Crippen molar-refractivity contribution in [1.29, 1.82) is 0 Å². The lowest BCUT2D eigenvalue weighted by Crippen LogP contribution is -2.66. The number of methoxy groups -OCH3 is 1. The number of carboxylic acid groups (broad SMARTS) is 1. The molecule has 12 nitrogen and oxygen atoms in total. The van der Waals surface area contributed by atoms with Crippen molar-refractivity contribution >= 4 is 11.9 Å². The number of ether oxygens (including phenoxy) is 4. The molecule has 0 aliphatic carbocycles. The second-order valence-electron chi connectivity index (χ2n) is 7.84. The van der Waals surface area contributed by atoms with Crippen molar-refractivity contribution in [2.75, 3.05) is 26.9 Å². The van der Waals surface area contributed by atoms with Crippen LogP contribution in [0.3, 0.4) is 0 Å². The van der Waals surface area contributed by atoms with Gasteiger partial charge in [-0.2, -0.15) is 0 Å². The molecular weight excluding hydrogens is 406 g/mol. The highest BCUT2D eigenvalue weighted by atomic mass is 16.7. The maximum Gasteiger partial charge on any atom is 0.217 e. The van der Waals surface area contributed by atoms with Gasteiger partial charge in [0.05, 0.1) is 37.9 Å². The van der Waals surface area contributed by atoms with Crippen molar-refractivity contribution in [3.05, 3.63) is 0 Å². The van der Waals surface area contributed by atoms with Gasteiger partial charge in [-0.3, -0.25) is 4.79 Å². The summed E-state index contributed by atoms with van der Waals surface area (Å²) in [5, 5.41) is 54.7. The summed E-state index contributed by atoms with van der Waals surface area (Å²) in [5.41, 5.74) is -3.48. The van der Waals surface area contributed by atoms with Crippen LogP contribution in [-0.2, 0) is 28.5 Å². The van der Waals surface area contributed by atoms with Crippen LogP contribution in [0.1, 0.15) is 26.7 Å². The van der Waals surface area contributed by atoms with E-state index in [1.165, 1.54) is 14.0 Å². The molecule has 0 radical (unpaired) electrons. The van der Waals surface area contributed by atoms with E-state index in [9.17, 15) is 35.1 Å². The van der Waals surface area contributed by atoms with Crippen LogP contribution < -0.4 is 10.4 Å². The van der Waals surface area contributed by atoms with Crippen molar-refractivity contribution in [3.8, 4) is 0 Å². The van der Waals surface area contributed by atoms with Gasteiger partial charge in [-0.1, -0.05) is 0 Å². The number of rotatable bonds is 8. The van der Waals surface area contributed by atoms with Gasteiger partial charge in [-0.15, -0.1) is 0 Å². The van der Waals surface area contributed by atoms with Gasteiger partial charge in [-0.05, 0) is 6.92 Å². The molecule has 0 aromatic carbocycles. The number of carbonyl (C=O) groups excluding carboxylic acids is 2. The first-order valence-electron chi connectivity index (χ1n) is 9.59. The molecule has 0 aromatic rings. The minimum atomic E-state index is -1.76. The van der Waals surface area contributed by atoms with E-state index < -0.39 is 73.7 Å². The number of aliphatic carboxylic acids is 1. The minimum Gasteiger partial charge on any atom is -0.547 e. The van der Waals surface area contributed by atoms with Gasteiger partial charge >= 0.3 is 0 Å². The molecule has 2 fully saturated rings. The van der Waals surface area contributed by atoms with Crippen LogP contribution in [0, 0.1) is 0 Å². The summed E-state index contributed by atoms with van der Waals surface area (Å²) in [6.45, 7) is 1.22. The number of nitrogens with one attached hydrogen (secondary N) is 1. The Morgan fingerprint density at radius 1 is 1.27 bits per heavy atom. The van der Waals surface area contributed by atoms with Gasteiger partial charge in [0.15, 0.2) is 6.29 Å². The van der Waals surface area contributed by atoms with Crippen LogP contribution in [0.15, 0.2) is 0 Å². The molecule has 0 saturated carbocycles. The Morgan fingerprint density at radius 2 is 1.93 bits per heavy atom. The fraction of sp³-hybridized carbons (Fsp3) is 0.889. The molecule has 2 rings (SSSR count). The molecule has 1 amide bonds. The Hall–Kier alpha value is -1.38. The van der Waals surface area contributed by atoms with Crippen LogP contribution in [0.2, 0.25) is 0 Å². The van der Waals surface area contributed by atoms with E-state index in [4.69, 9.17) is 18.9 Å². The maximum absolute atomic E-state index is 11.5. The Labute approximate surface area is 173 Å². The number of amides is 1. The molecule has 0 spiro atoms. The molecule has 2 aliphatic heterocycles. The van der Waals surface area contributed by atoms with Crippen molar-refractivity contribution < 1.29 is 54.1 Å². The fourth-order valence-corrected chi connectivity index (χ4v) is 3.91. The second kappa shape index (κ2) is 9.83. The van der Waals surface area contributed by atoms with Crippen LogP contribution in [0.25, 0.3) is 0 Å². The molecule has 12 heteroatoms. The molecule has 5 N–H and O–H groups in total.